The average Bonchev–Trinajstić information content (AvgIpc) is 3.22. The summed E-state index contributed by atoms with van der Waals surface area (Å²) < 4.78 is 5.78. The Morgan fingerprint density at radius 1 is 0.632 bits per heavy atom. The van der Waals surface area contributed by atoms with Crippen molar-refractivity contribution in [3.63, 3.8) is 0 Å². The maximum atomic E-state index is 14.4. The van der Waals surface area contributed by atoms with E-state index in [1.54, 1.807) is 48.5 Å². The topological polar surface area (TPSA) is 139 Å². The van der Waals surface area contributed by atoms with Crippen LogP contribution in [0.3, 0.4) is 0 Å². The van der Waals surface area contributed by atoms with Gasteiger partial charge in [0.2, 0.25) is 11.8 Å². The number of Topliss-reactive ketones (excluding diaryl/α,β-unsaturated/α-hetero) is 2. The Morgan fingerprint density at radius 3 is 1.89 bits per heavy atom. The third-order valence-corrected chi connectivity index (χ3v) is 10.5. The normalized spacial score (nSPS) is 19.7. The number of ketones is 2. The van der Waals surface area contributed by atoms with Crippen molar-refractivity contribution < 1.29 is 33.8 Å². The minimum Gasteiger partial charge on any atom is -0.486 e. The number of amides is 2. The summed E-state index contributed by atoms with van der Waals surface area (Å²) in [5.41, 5.74) is 5.16. The highest BCUT2D eigenvalue weighted by Crippen LogP contribution is 2.23. The van der Waals surface area contributed by atoms with Gasteiger partial charge in [0.15, 0.2) is 11.6 Å². The van der Waals surface area contributed by atoms with Gasteiger partial charge in [-0.25, -0.2) is 0 Å². The monoisotopic (exact) mass is 784 g/mol. The minimum atomic E-state index is -1.14. The number of benzene rings is 5. The number of carbonyl (C=O) groups excluding carboxylic acids is 4. The second-order valence-electron chi connectivity index (χ2n) is 14.5. The Kier molecular flexibility index (Phi) is 14.0. The van der Waals surface area contributed by atoms with Crippen LogP contribution < -0.4 is 15.4 Å². The highest BCUT2D eigenvalue weighted by molar-refractivity contribution is 6.30. The number of nitrogens with one attached hydrogen (secondary N) is 2. The smallest absolute Gasteiger partial charge is 0.307 e. The summed E-state index contributed by atoms with van der Waals surface area (Å²) in [7, 11) is 0. The van der Waals surface area contributed by atoms with Crippen molar-refractivity contribution in [3.8, 4) is 16.9 Å². The molecule has 292 valence electrons. The van der Waals surface area contributed by atoms with Crippen LogP contribution in [-0.4, -0.2) is 53.1 Å². The zero-order valence-corrected chi connectivity index (χ0v) is 32.2. The van der Waals surface area contributed by atoms with Crippen LogP contribution in [0.4, 0.5) is 0 Å². The maximum Gasteiger partial charge on any atom is 0.307 e. The predicted molar refractivity (Wildman–Crippen MR) is 219 cm³/mol. The Balaban J connectivity index is 1.34. The van der Waals surface area contributed by atoms with E-state index < -0.39 is 47.5 Å². The number of halogens is 1. The van der Waals surface area contributed by atoms with Crippen molar-refractivity contribution in [1.82, 2.24) is 10.6 Å². The van der Waals surface area contributed by atoms with Gasteiger partial charge in [0.1, 0.15) is 18.4 Å². The number of aryl methyl sites for hydroxylation is 1. The lowest BCUT2D eigenvalue weighted by Gasteiger charge is -2.26. The van der Waals surface area contributed by atoms with Crippen LogP contribution in [0.2, 0.25) is 5.02 Å². The molecule has 2 amide bonds. The molecule has 5 aromatic carbocycles. The van der Waals surface area contributed by atoms with Gasteiger partial charge in [0.25, 0.3) is 0 Å². The van der Waals surface area contributed by atoms with Crippen molar-refractivity contribution in [3.05, 3.63) is 161 Å². The molecule has 0 unspecified atom stereocenters. The van der Waals surface area contributed by atoms with Gasteiger partial charge in [-0.05, 0) is 83.3 Å². The third kappa shape index (κ3) is 12.0. The Labute approximate surface area is 337 Å². The van der Waals surface area contributed by atoms with E-state index >= 15 is 0 Å². The van der Waals surface area contributed by atoms with Crippen LogP contribution in [0.25, 0.3) is 11.1 Å². The average molecular weight is 785 g/mol. The van der Waals surface area contributed by atoms with E-state index in [0.29, 0.717) is 22.8 Å². The molecule has 7 rings (SSSR count). The number of carbonyl (C=O) groups is 5. The predicted octanol–water partition coefficient (Wildman–Crippen LogP) is 7.27. The first kappa shape index (κ1) is 40.6. The van der Waals surface area contributed by atoms with Crippen molar-refractivity contribution in [1.29, 1.82) is 0 Å². The molecule has 2 aliphatic rings. The highest BCUT2D eigenvalue weighted by atomic mass is 35.5. The van der Waals surface area contributed by atoms with E-state index in [-0.39, 0.29) is 50.9 Å². The Hall–Kier alpha value is -6.06. The zero-order chi connectivity index (χ0) is 40.1. The van der Waals surface area contributed by atoms with Crippen molar-refractivity contribution in [2.24, 2.45) is 11.8 Å². The zero-order valence-electron chi connectivity index (χ0n) is 31.4. The molecule has 2 bridgehead atoms. The largest absolute Gasteiger partial charge is 0.486 e. The van der Waals surface area contributed by atoms with Gasteiger partial charge >= 0.3 is 5.97 Å². The molecule has 10 heteroatoms. The molecule has 4 atom stereocenters. The van der Waals surface area contributed by atoms with Crippen molar-refractivity contribution in [2.45, 2.75) is 57.0 Å². The molecule has 2 heterocycles. The van der Waals surface area contributed by atoms with Crippen LogP contribution in [0.1, 0.15) is 41.5 Å². The summed E-state index contributed by atoms with van der Waals surface area (Å²) in [5.74, 6) is -4.51. The van der Waals surface area contributed by atoms with Crippen molar-refractivity contribution in [2.75, 3.05) is 6.61 Å². The highest BCUT2D eigenvalue weighted by Gasteiger charge is 2.32. The number of fused-ring (bicyclic) bond motifs is 16. The molecule has 0 radical (unpaired) electrons. The molecule has 0 saturated heterocycles. The number of carboxylic acid groups (broad SMARTS) is 1. The second-order valence-corrected chi connectivity index (χ2v) is 15.0. The molecule has 0 aliphatic carbocycles. The van der Waals surface area contributed by atoms with E-state index in [2.05, 4.69) is 10.6 Å². The van der Waals surface area contributed by atoms with Crippen LogP contribution in [0, 0.1) is 11.8 Å². The summed E-state index contributed by atoms with van der Waals surface area (Å²) in [6.45, 7) is -0.295. The number of aliphatic carboxylic acids is 1. The van der Waals surface area contributed by atoms with E-state index in [9.17, 15) is 29.1 Å². The Bertz CT molecular complexity index is 2140. The fraction of sp³-hybridized carbons (Fsp3) is 0.255. The van der Waals surface area contributed by atoms with Crippen LogP contribution in [0.15, 0.2) is 133 Å². The standard InChI is InChI=1S/C47H45ClN2O7/c48-39-20-13-32(14-21-39)25-37-28-40(51)30-57-41-22-15-33(16-23-41)26-38(47(55)56)29-44(52)42(24-17-31-7-3-1-4-8-31)49-46(54)43(50-45(37)53)27-34-11-18-36(19-12-34)35-9-5-2-6-10-35/h1-16,18-23,37-38,42-43H,17,24-30H2,(H,49,54)(H,50,53)(H,55,56)/t37-,38+,42-,43+/m0/s1. The van der Waals surface area contributed by atoms with Gasteiger partial charge < -0.3 is 20.5 Å². The lowest BCUT2D eigenvalue weighted by molar-refractivity contribution is -0.144. The molecule has 0 spiro atoms. The SMILES string of the molecule is O=C1COc2ccc(cc2)C[C@@H](C(=O)O)CC(=O)[C@H](CCc2ccccc2)NC(=O)[C@@H](Cc2ccc(-c3ccccc3)cc2)NC(=O)[C@@H](Cc2ccc(Cl)cc2)C1. The Morgan fingerprint density at radius 2 is 1.23 bits per heavy atom. The van der Waals surface area contributed by atoms with Crippen LogP contribution in [0.5, 0.6) is 5.75 Å². The molecule has 0 fully saturated rings. The summed E-state index contributed by atoms with van der Waals surface area (Å²) in [6.07, 6.45) is 0.534. The number of ether oxygens (including phenoxy) is 1. The van der Waals surface area contributed by atoms with E-state index in [4.69, 9.17) is 16.3 Å². The number of carboxylic acids is 1. The summed E-state index contributed by atoms with van der Waals surface area (Å²) in [4.78, 5) is 68.7. The van der Waals surface area contributed by atoms with Gasteiger partial charge in [-0.2, -0.15) is 0 Å². The van der Waals surface area contributed by atoms with Crippen LogP contribution in [-0.2, 0) is 49.7 Å². The second kappa shape index (κ2) is 19.7. The molecular weight excluding hydrogens is 740 g/mol. The first-order valence-electron chi connectivity index (χ1n) is 19.1. The number of hydrogen-bond donors (Lipinski definition) is 3. The summed E-state index contributed by atoms with van der Waals surface area (Å²) in [5, 5.41) is 16.6. The summed E-state index contributed by atoms with van der Waals surface area (Å²) >= 11 is 6.14. The fourth-order valence-electron chi connectivity index (χ4n) is 7.04. The van der Waals surface area contributed by atoms with Gasteiger partial charge in [0, 0.05) is 30.2 Å². The number of rotatable bonds is 9. The van der Waals surface area contributed by atoms with Gasteiger partial charge in [-0.1, -0.05) is 121 Å². The minimum absolute atomic E-state index is 0.0731. The van der Waals surface area contributed by atoms with Gasteiger partial charge in [0.05, 0.1) is 12.0 Å². The van der Waals surface area contributed by atoms with E-state index in [1.165, 1.54) is 0 Å². The quantitative estimate of drug-likeness (QED) is 0.143. The first-order valence-corrected chi connectivity index (χ1v) is 19.5. The van der Waals surface area contributed by atoms with E-state index in [0.717, 1.165) is 27.8 Å². The molecule has 0 saturated carbocycles. The molecule has 3 N–H and O–H groups in total. The maximum absolute atomic E-state index is 14.4. The van der Waals surface area contributed by atoms with Gasteiger partial charge in [-0.3, -0.25) is 24.0 Å². The summed E-state index contributed by atoms with van der Waals surface area (Å²) in [6, 6.07) is 38.6. The number of hydrogen-bond acceptors (Lipinski definition) is 6. The third-order valence-electron chi connectivity index (χ3n) is 10.2. The van der Waals surface area contributed by atoms with Gasteiger partial charge in [-0.15, -0.1) is 0 Å². The van der Waals surface area contributed by atoms with Crippen LogP contribution >= 0.6 is 11.6 Å². The first-order chi connectivity index (χ1) is 27.6. The molecule has 57 heavy (non-hydrogen) atoms. The molecule has 0 aromatic heterocycles. The lowest BCUT2D eigenvalue weighted by atomic mass is 9.90. The molecule has 2 aliphatic heterocycles. The molecule has 9 nitrogen and oxygen atoms in total. The molecule has 5 aromatic rings. The fourth-order valence-corrected chi connectivity index (χ4v) is 7.16. The van der Waals surface area contributed by atoms with Crippen molar-refractivity contribution >= 4 is 41.0 Å². The molecular formula is C47H45ClN2O7. The van der Waals surface area contributed by atoms with E-state index in [1.807, 2.05) is 84.9 Å². The lowest BCUT2D eigenvalue weighted by Crippen LogP contribution is -2.54.